The van der Waals surface area contributed by atoms with Crippen molar-refractivity contribution in [1.29, 1.82) is 5.26 Å². The van der Waals surface area contributed by atoms with Gasteiger partial charge in [0, 0.05) is 25.2 Å². The van der Waals surface area contributed by atoms with Crippen LogP contribution < -0.4 is 5.32 Å². The Bertz CT molecular complexity index is 1540. The zero-order valence-corrected chi connectivity index (χ0v) is 25.2. The number of likely N-dealkylation sites (tertiary alicyclic amines) is 1. The van der Waals surface area contributed by atoms with Crippen LogP contribution in [0.25, 0.3) is 11.0 Å². The lowest BCUT2D eigenvalue weighted by Crippen LogP contribution is -2.44. The lowest BCUT2D eigenvalue weighted by molar-refractivity contribution is -0.405. The maximum Gasteiger partial charge on any atom is 0.408 e. The summed E-state index contributed by atoms with van der Waals surface area (Å²) in [6, 6.07) is 11.5. The molecule has 12 nitrogen and oxygen atoms in total. The summed E-state index contributed by atoms with van der Waals surface area (Å²) in [5.74, 6) is 0.294. The minimum Gasteiger partial charge on any atom is -0.444 e. The molecule has 4 rings (SSSR count). The quantitative estimate of drug-likeness (QED) is 0.237. The largest absolute Gasteiger partial charge is 0.444 e. The number of carbonyl (C=O) groups excluding carboxylic acids is 3. The first-order valence-electron chi connectivity index (χ1n) is 14.2. The van der Waals surface area contributed by atoms with Crippen LogP contribution in [0.3, 0.4) is 0 Å². The van der Waals surface area contributed by atoms with Gasteiger partial charge in [0.25, 0.3) is 0 Å². The molecule has 2 amide bonds. The van der Waals surface area contributed by atoms with E-state index in [1.54, 1.807) is 60.7 Å². The molecule has 1 aromatic carbocycles. The fourth-order valence-electron chi connectivity index (χ4n) is 5.00. The van der Waals surface area contributed by atoms with Gasteiger partial charge in [0.15, 0.2) is 18.4 Å². The minimum atomic E-state index is -1.07. The normalized spacial score (nSPS) is 18.0. The maximum atomic E-state index is 13.2. The molecule has 1 aliphatic rings. The summed E-state index contributed by atoms with van der Waals surface area (Å²) >= 11 is 0. The van der Waals surface area contributed by atoms with Gasteiger partial charge < -0.3 is 19.7 Å². The van der Waals surface area contributed by atoms with E-state index in [2.05, 4.69) is 28.4 Å². The van der Waals surface area contributed by atoms with Gasteiger partial charge in [-0.1, -0.05) is 37.3 Å². The van der Waals surface area contributed by atoms with Crippen molar-refractivity contribution in [3.05, 3.63) is 54.5 Å². The number of carbonyl (C=O) groups is 3. The number of piperidine rings is 1. The van der Waals surface area contributed by atoms with Crippen molar-refractivity contribution in [1.82, 2.24) is 24.8 Å². The lowest BCUT2D eigenvalue weighted by Gasteiger charge is -2.34. The third-order valence-corrected chi connectivity index (χ3v) is 7.26. The molecule has 0 spiro atoms. The van der Waals surface area contributed by atoms with Crippen molar-refractivity contribution in [2.45, 2.75) is 58.9 Å². The van der Waals surface area contributed by atoms with E-state index in [9.17, 15) is 14.4 Å². The Kier molecular flexibility index (Phi) is 9.75. The van der Waals surface area contributed by atoms with Crippen LogP contribution in [0, 0.1) is 23.2 Å². The highest BCUT2D eigenvalue weighted by Crippen LogP contribution is 2.26. The Hall–Kier alpha value is -4.79. The lowest BCUT2D eigenvalue weighted by atomic mass is 9.87. The molecule has 43 heavy (non-hydrogen) atoms. The average Bonchev–Trinajstić information content (AvgIpc) is 3.38. The van der Waals surface area contributed by atoms with Crippen LogP contribution >= 0.6 is 0 Å². The van der Waals surface area contributed by atoms with Crippen LogP contribution in [0.15, 0.2) is 48.9 Å². The summed E-state index contributed by atoms with van der Waals surface area (Å²) in [7, 11) is 1.90. The number of ether oxygens (including phenoxy) is 2. The molecule has 0 bridgehead atoms. The molecular weight excluding hydrogens is 550 g/mol. The van der Waals surface area contributed by atoms with Gasteiger partial charge >= 0.3 is 17.9 Å². The summed E-state index contributed by atoms with van der Waals surface area (Å²) in [4.78, 5) is 48.7. The van der Waals surface area contributed by atoms with Gasteiger partial charge in [-0.25, -0.2) is 14.2 Å². The second-order valence-corrected chi connectivity index (χ2v) is 11.7. The molecule has 0 saturated carbocycles. The number of alkyl carbamates (subject to hydrolysis) is 1. The summed E-state index contributed by atoms with van der Waals surface area (Å²) < 4.78 is 14.6. The second-order valence-electron chi connectivity index (χ2n) is 11.7. The third-order valence-electron chi connectivity index (χ3n) is 7.26. The smallest absolute Gasteiger partial charge is 0.408 e. The number of rotatable bonds is 8. The first-order chi connectivity index (χ1) is 20.5. The first-order valence-corrected chi connectivity index (χ1v) is 14.2. The Balaban J connectivity index is 1.50. The number of fused-ring (bicyclic) bond motifs is 1. The number of nitrogens with one attached hydrogen (secondary N) is 1. The topological polar surface area (TPSA) is 142 Å². The molecule has 2 aromatic heterocycles. The van der Waals surface area contributed by atoms with E-state index in [0.717, 1.165) is 11.8 Å². The van der Waals surface area contributed by atoms with Crippen LogP contribution in [0.1, 0.15) is 52.1 Å². The predicted octanol–water partition coefficient (Wildman–Crippen LogP) is 3.94. The second kappa shape index (κ2) is 13.5. The SMILES string of the molecule is C[C@@H]1CCN(C(=O)CC#N)CC1/C=[N+](/C)c1ncnc2c1ccn2COC(=O)[C@@H](NC(=O)OC(C)(C)C)c1ccccc1. The molecule has 1 fully saturated rings. The number of nitriles is 1. The molecule has 1 N–H and O–H groups in total. The van der Waals surface area contributed by atoms with E-state index in [1.165, 1.54) is 6.33 Å². The summed E-state index contributed by atoms with van der Waals surface area (Å²) in [5, 5.41) is 12.3. The van der Waals surface area contributed by atoms with E-state index in [1.807, 2.05) is 29.8 Å². The Morgan fingerprint density at radius 3 is 2.65 bits per heavy atom. The van der Waals surface area contributed by atoms with Crippen molar-refractivity contribution >= 4 is 41.0 Å². The molecule has 3 aromatic rings. The van der Waals surface area contributed by atoms with Crippen molar-refractivity contribution in [3.8, 4) is 6.07 Å². The van der Waals surface area contributed by atoms with Crippen molar-refractivity contribution in [2.75, 3.05) is 20.1 Å². The van der Waals surface area contributed by atoms with E-state index in [4.69, 9.17) is 14.7 Å². The fraction of sp³-hybridized carbons (Fsp3) is 0.452. The molecule has 3 atom stereocenters. The van der Waals surface area contributed by atoms with Gasteiger partial charge in [-0.15, -0.1) is 0 Å². The molecule has 3 heterocycles. The van der Waals surface area contributed by atoms with Crippen LogP contribution in [-0.2, 0) is 25.8 Å². The van der Waals surface area contributed by atoms with E-state index < -0.39 is 23.7 Å². The standard InChI is InChI=1S/C31H37N7O5/c1-21-12-15-37(25(39)11-14-32)18-23(21)17-36(5)27-24-13-16-38(28(24)34-19-33-27)20-42-29(40)26(22-9-7-6-8-10-22)35-30(41)43-31(2,3)4/h6-10,13,16-17,19,21,23,26H,11-12,15,18,20H2,1-5H3/p+1/b36-17-/t21-,23?,26+/m1/s1. The molecule has 1 saturated heterocycles. The molecule has 1 aliphatic heterocycles. The molecule has 0 radical (unpaired) electrons. The predicted molar refractivity (Wildman–Crippen MR) is 158 cm³/mol. The van der Waals surface area contributed by atoms with Gasteiger partial charge in [-0.3, -0.25) is 9.36 Å². The van der Waals surface area contributed by atoms with Gasteiger partial charge in [0.2, 0.25) is 12.2 Å². The number of esters is 1. The van der Waals surface area contributed by atoms with E-state index >= 15 is 0 Å². The fourth-order valence-corrected chi connectivity index (χ4v) is 5.00. The number of aromatic nitrogens is 3. The van der Waals surface area contributed by atoms with Crippen LogP contribution in [0.2, 0.25) is 0 Å². The minimum absolute atomic E-state index is 0.0850. The van der Waals surface area contributed by atoms with Gasteiger partial charge in [-0.2, -0.15) is 10.2 Å². The third kappa shape index (κ3) is 7.94. The number of benzene rings is 1. The number of hydrogen-bond acceptors (Lipinski definition) is 8. The van der Waals surface area contributed by atoms with Gasteiger partial charge in [-0.05, 0) is 49.7 Å². The Labute approximate surface area is 250 Å². The molecule has 226 valence electrons. The molecular formula is C31H38N7O5+. The summed E-state index contributed by atoms with van der Waals surface area (Å²) in [6.45, 7) is 8.43. The highest BCUT2D eigenvalue weighted by Gasteiger charge is 2.30. The van der Waals surface area contributed by atoms with Gasteiger partial charge in [0.05, 0.1) is 19.3 Å². The molecule has 1 unspecified atom stereocenters. The zero-order valence-electron chi connectivity index (χ0n) is 25.2. The Morgan fingerprint density at radius 2 is 1.95 bits per heavy atom. The first kappa shape index (κ1) is 31.2. The summed E-state index contributed by atoms with van der Waals surface area (Å²) in [5.41, 5.74) is 0.393. The van der Waals surface area contributed by atoms with Crippen molar-refractivity contribution in [2.24, 2.45) is 11.8 Å². The van der Waals surface area contributed by atoms with Crippen LogP contribution in [0.4, 0.5) is 10.6 Å². The zero-order chi connectivity index (χ0) is 31.1. The maximum absolute atomic E-state index is 13.2. The van der Waals surface area contributed by atoms with E-state index in [0.29, 0.717) is 36.0 Å². The highest BCUT2D eigenvalue weighted by atomic mass is 16.6. The molecule has 12 heteroatoms. The number of amides is 2. The van der Waals surface area contributed by atoms with Crippen molar-refractivity contribution < 1.29 is 28.4 Å². The summed E-state index contributed by atoms with van der Waals surface area (Å²) in [6.07, 6.45) is 5.26. The van der Waals surface area contributed by atoms with Crippen LogP contribution in [0.5, 0.6) is 0 Å². The number of nitrogens with zero attached hydrogens (tertiary/aromatic N) is 6. The Morgan fingerprint density at radius 1 is 1.21 bits per heavy atom. The average molecular weight is 589 g/mol. The monoisotopic (exact) mass is 588 g/mol. The van der Waals surface area contributed by atoms with Crippen molar-refractivity contribution in [3.63, 3.8) is 0 Å². The van der Waals surface area contributed by atoms with Gasteiger partial charge in [0.1, 0.15) is 17.4 Å². The van der Waals surface area contributed by atoms with Crippen LogP contribution in [-0.4, -0.2) is 73.9 Å². The number of hydrogen-bond donors (Lipinski definition) is 1. The van der Waals surface area contributed by atoms with E-state index in [-0.39, 0.29) is 25.0 Å². The highest BCUT2D eigenvalue weighted by molar-refractivity contribution is 5.85. The molecule has 0 aliphatic carbocycles.